The maximum atomic E-state index is 13.4. The van der Waals surface area contributed by atoms with E-state index in [1.807, 2.05) is 18.2 Å². The summed E-state index contributed by atoms with van der Waals surface area (Å²) in [5.41, 5.74) is 1.97. The molecule has 1 saturated heterocycles. The SMILES string of the molecule is Cn1c(=O)oc2cc(S(=O)(=O)N3CCCC(C(=O)NCC4(c5ccccc5)CCCC4)C3)ccc21. The molecule has 186 valence electrons. The van der Waals surface area contributed by atoms with Crippen LogP contribution in [0.1, 0.15) is 44.1 Å². The van der Waals surface area contributed by atoms with E-state index in [1.54, 1.807) is 13.1 Å². The third kappa shape index (κ3) is 4.43. The highest BCUT2D eigenvalue weighted by atomic mass is 32.2. The third-order valence-electron chi connectivity index (χ3n) is 7.70. The number of carbonyl (C=O) groups excluding carboxylic acids is 1. The van der Waals surface area contributed by atoms with Gasteiger partial charge in [0.2, 0.25) is 15.9 Å². The first kappa shape index (κ1) is 23.8. The van der Waals surface area contributed by atoms with Gasteiger partial charge in [0.05, 0.1) is 16.3 Å². The van der Waals surface area contributed by atoms with E-state index in [9.17, 15) is 18.0 Å². The number of aryl methyl sites for hydroxylation is 1. The Kier molecular flexibility index (Phi) is 6.31. The highest BCUT2D eigenvalue weighted by molar-refractivity contribution is 7.89. The third-order valence-corrected chi connectivity index (χ3v) is 9.57. The smallest absolute Gasteiger partial charge is 0.408 e. The number of piperidine rings is 1. The lowest BCUT2D eigenvalue weighted by Crippen LogP contribution is -2.47. The van der Waals surface area contributed by atoms with Crippen molar-refractivity contribution in [2.24, 2.45) is 13.0 Å². The molecular weight excluding hydrogens is 466 g/mol. The number of sulfonamides is 1. The van der Waals surface area contributed by atoms with Crippen molar-refractivity contribution in [1.29, 1.82) is 0 Å². The van der Waals surface area contributed by atoms with E-state index in [-0.39, 0.29) is 28.3 Å². The zero-order valence-corrected chi connectivity index (χ0v) is 20.7. The Labute approximate surface area is 205 Å². The number of aromatic nitrogens is 1. The molecule has 5 rings (SSSR count). The first-order valence-electron chi connectivity index (χ1n) is 12.2. The molecular formula is C26H31N3O5S. The molecule has 1 atom stereocenters. The number of fused-ring (bicyclic) bond motifs is 1. The Balaban J connectivity index is 1.29. The van der Waals surface area contributed by atoms with Crippen LogP contribution in [-0.2, 0) is 27.3 Å². The molecule has 9 heteroatoms. The van der Waals surface area contributed by atoms with Crippen molar-refractivity contribution in [2.45, 2.75) is 48.8 Å². The molecule has 1 amide bonds. The van der Waals surface area contributed by atoms with Gasteiger partial charge in [-0.3, -0.25) is 9.36 Å². The Morgan fingerprint density at radius 2 is 1.86 bits per heavy atom. The average molecular weight is 498 g/mol. The number of hydrogen-bond donors (Lipinski definition) is 1. The largest absolute Gasteiger partial charge is 0.419 e. The van der Waals surface area contributed by atoms with E-state index in [2.05, 4.69) is 17.4 Å². The number of nitrogens with one attached hydrogen (secondary N) is 1. The minimum absolute atomic E-state index is 0.0492. The van der Waals surface area contributed by atoms with Gasteiger partial charge in [0.25, 0.3) is 0 Å². The van der Waals surface area contributed by atoms with Crippen LogP contribution in [0.4, 0.5) is 0 Å². The number of hydrogen-bond acceptors (Lipinski definition) is 5. The van der Waals surface area contributed by atoms with Gasteiger partial charge in [0.1, 0.15) is 0 Å². The van der Waals surface area contributed by atoms with Crippen LogP contribution in [0.3, 0.4) is 0 Å². The number of benzene rings is 2. The van der Waals surface area contributed by atoms with Crippen LogP contribution in [0, 0.1) is 5.92 Å². The zero-order valence-electron chi connectivity index (χ0n) is 19.9. The van der Waals surface area contributed by atoms with Crippen LogP contribution < -0.4 is 11.1 Å². The van der Waals surface area contributed by atoms with Gasteiger partial charge in [-0.2, -0.15) is 4.31 Å². The van der Waals surface area contributed by atoms with Gasteiger partial charge in [-0.15, -0.1) is 0 Å². The van der Waals surface area contributed by atoms with E-state index in [0.717, 1.165) is 25.7 Å². The van der Waals surface area contributed by atoms with Crippen molar-refractivity contribution in [1.82, 2.24) is 14.2 Å². The molecule has 1 saturated carbocycles. The predicted molar refractivity (Wildman–Crippen MR) is 133 cm³/mol. The molecule has 8 nitrogen and oxygen atoms in total. The Hall–Kier alpha value is -2.91. The Morgan fingerprint density at radius 1 is 1.11 bits per heavy atom. The summed E-state index contributed by atoms with van der Waals surface area (Å²) in [4.78, 5) is 25.0. The van der Waals surface area contributed by atoms with Crippen molar-refractivity contribution in [3.63, 3.8) is 0 Å². The Bertz CT molecular complexity index is 1390. The van der Waals surface area contributed by atoms with Crippen LogP contribution in [0.2, 0.25) is 0 Å². The number of amides is 1. The number of carbonyl (C=O) groups is 1. The molecule has 0 radical (unpaired) electrons. The number of oxazole rings is 1. The lowest BCUT2D eigenvalue weighted by atomic mass is 9.78. The number of rotatable bonds is 6. The molecule has 2 aromatic carbocycles. The highest BCUT2D eigenvalue weighted by Gasteiger charge is 2.38. The van der Waals surface area contributed by atoms with Crippen LogP contribution in [0.25, 0.3) is 11.1 Å². The summed E-state index contributed by atoms with van der Waals surface area (Å²) in [5.74, 6) is -1.03. The van der Waals surface area contributed by atoms with Gasteiger partial charge in [0.15, 0.2) is 5.58 Å². The highest BCUT2D eigenvalue weighted by Crippen LogP contribution is 2.40. The minimum atomic E-state index is -3.83. The quantitative estimate of drug-likeness (QED) is 0.564. The lowest BCUT2D eigenvalue weighted by Gasteiger charge is -2.33. The minimum Gasteiger partial charge on any atom is -0.408 e. The fraction of sp³-hybridized carbons (Fsp3) is 0.462. The molecule has 1 aliphatic carbocycles. The summed E-state index contributed by atoms with van der Waals surface area (Å²) in [7, 11) is -2.25. The summed E-state index contributed by atoms with van der Waals surface area (Å²) in [6.07, 6.45) is 5.64. The van der Waals surface area contributed by atoms with E-state index in [4.69, 9.17) is 4.42 Å². The summed E-state index contributed by atoms with van der Waals surface area (Å²) in [6.45, 7) is 1.07. The maximum absolute atomic E-state index is 13.4. The van der Waals surface area contributed by atoms with Gasteiger partial charge < -0.3 is 9.73 Å². The first-order chi connectivity index (χ1) is 16.8. The molecule has 3 aromatic rings. The standard InChI is InChI=1S/C26H31N3O5S/c1-28-22-12-11-21(16-23(22)34-25(28)31)35(32,33)29-15-7-8-19(17-29)24(30)27-18-26(13-5-6-14-26)20-9-3-2-4-10-20/h2-4,9-12,16,19H,5-8,13-15,17-18H2,1H3,(H,27,30). The second-order valence-corrected chi connectivity index (χ2v) is 11.8. The summed E-state index contributed by atoms with van der Waals surface area (Å²) >= 11 is 0. The van der Waals surface area contributed by atoms with Crippen LogP contribution in [0.5, 0.6) is 0 Å². The van der Waals surface area contributed by atoms with Gasteiger partial charge in [0, 0.05) is 38.2 Å². The van der Waals surface area contributed by atoms with Crippen molar-refractivity contribution >= 4 is 27.0 Å². The molecule has 1 N–H and O–H groups in total. The molecule has 1 unspecified atom stereocenters. The van der Waals surface area contributed by atoms with Gasteiger partial charge in [-0.25, -0.2) is 13.2 Å². The molecule has 1 aromatic heterocycles. The monoisotopic (exact) mass is 497 g/mol. The zero-order chi connectivity index (χ0) is 24.6. The molecule has 2 fully saturated rings. The molecule has 1 aliphatic heterocycles. The second-order valence-electron chi connectivity index (χ2n) is 9.83. The first-order valence-corrected chi connectivity index (χ1v) is 13.7. The molecule has 0 spiro atoms. The Morgan fingerprint density at radius 3 is 2.60 bits per heavy atom. The molecule has 0 bridgehead atoms. The summed E-state index contributed by atoms with van der Waals surface area (Å²) < 4.78 is 34.6. The van der Waals surface area contributed by atoms with Crippen molar-refractivity contribution < 1.29 is 17.6 Å². The predicted octanol–water partition coefficient (Wildman–Crippen LogP) is 3.16. The number of nitrogens with zero attached hydrogens (tertiary/aromatic N) is 2. The van der Waals surface area contributed by atoms with Crippen LogP contribution in [0.15, 0.2) is 62.6 Å². The maximum Gasteiger partial charge on any atom is 0.419 e. The fourth-order valence-corrected chi connectivity index (χ4v) is 7.15. The van der Waals surface area contributed by atoms with Gasteiger partial charge in [-0.1, -0.05) is 43.2 Å². The van der Waals surface area contributed by atoms with Crippen LogP contribution >= 0.6 is 0 Å². The van der Waals surface area contributed by atoms with Gasteiger partial charge in [-0.05, 0) is 43.4 Å². The lowest BCUT2D eigenvalue weighted by molar-refractivity contribution is -0.126. The second kappa shape index (κ2) is 9.28. The van der Waals surface area contributed by atoms with Crippen LogP contribution in [-0.4, -0.2) is 42.8 Å². The summed E-state index contributed by atoms with van der Waals surface area (Å²) in [6, 6.07) is 14.8. The van der Waals surface area contributed by atoms with Crippen molar-refractivity contribution in [3.8, 4) is 0 Å². The molecule has 35 heavy (non-hydrogen) atoms. The normalized spacial score (nSPS) is 20.8. The van der Waals surface area contributed by atoms with E-state index in [1.165, 1.54) is 26.6 Å². The topological polar surface area (TPSA) is 102 Å². The van der Waals surface area contributed by atoms with E-state index >= 15 is 0 Å². The molecule has 2 heterocycles. The van der Waals surface area contributed by atoms with E-state index in [0.29, 0.717) is 31.4 Å². The average Bonchev–Trinajstić information content (AvgIpc) is 3.48. The van der Waals surface area contributed by atoms with E-state index < -0.39 is 21.7 Å². The van der Waals surface area contributed by atoms with Crippen molar-refractivity contribution in [3.05, 3.63) is 64.6 Å². The van der Waals surface area contributed by atoms with Crippen molar-refractivity contribution in [2.75, 3.05) is 19.6 Å². The van der Waals surface area contributed by atoms with Gasteiger partial charge >= 0.3 is 5.76 Å². The summed E-state index contributed by atoms with van der Waals surface area (Å²) in [5, 5.41) is 3.17. The fourth-order valence-electron chi connectivity index (χ4n) is 5.61. The molecule has 2 aliphatic rings.